The summed E-state index contributed by atoms with van der Waals surface area (Å²) in [6, 6.07) is 8.52. The molecule has 1 nitrogen and oxygen atoms in total. The van der Waals surface area contributed by atoms with Crippen LogP contribution in [-0.4, -0.2) is 11.2 Å². The lowest BCUT2D eigenvalue weighted by atomic mass is 10.2. The normalized spacial score (nSPS) is 9.46. The van der Waals surface area contributed by atoms with Gasteiger partial charge in [0.05, 0.1) is 0 Å². The molecule has 2 rings (SSSR count). The number of thioether (sulfide) groups is 1. The van der Waals surface area contributed by atoms with Crippen molar-refractivity contribution in [3.63, 3.8) is 0 Å². The van der Waals surface area contributed by atoms with E-state index >= 15 is 0 Å². The smallest absolute Gasteiger partial charge is 0.0454 e. The Morgan fingerprint density at radius 3 is 2.62 bits per heavy atom. The van der Waals surface area contributed by atoms with Crippen LogP contribution in [0.5, 0.6) is 0 Å². The zero-order valence-corrected chi connectivity index (χ0v) is 9.11. The molecule has 1 aromatic carbocycles. The lowest BCUT2D eigenvalue weighted by Crippen LogP contribution is -1.69. The predicted octanol–water partition coefficient (Wildman–Crippen LogP) is 3.92. The summed E-state index contributed by atoms with van der Waals surface area (Å²) in [4.78, 5) is 4.48. The molecule has 0 radical (unpaired) electrons. The van der Waals surface area contributed by atoms with Crippen LogP contribution < -0.4 is 0 Å². The van der Waals surface area contributed by atoms with Crippen LogP contribution in [0.25, 0.3) is 10.9 Å². The molecule has 0 aliphatic rings. The Morgan fingerprint density at radius 1 is 1.15 bits per heavy atom. The number of benzene rings is 1. The SMILES string of the molecule is CC.CSc1ccc2[nH]ccc2c1. The molecule has 13 heavy (non-hydrogen) atoms. The van der Waals surface area contributed by atoms with Crippen molar-refractivity contribution in [2.75, 3.05) is 6.26 Å². The van der Waals surface area contributed by atoms with Crippen molar-refractivity contribution in [3.8, 4) is 0 Å². The molecule has 0 amide bonds. The van der Waals surface area contributed by atoms with Crippen molar-refractivity contribution >= 4 is 22.7 Å². The van der Waals surface area contributed by atoms with E-state index in [4.69, 9.17) is 0 Å². The minimum absolute atomic E-state index is 1.21. The number of aromatic amines is 1. The van der Waals surface area contributed by atoms with Gasteiger partial charge in [0.25, 0.3) is 0 Å². The first-order valence-electron chi connectivity index (χ1n) is 4.51. The summed E-state index contributed by atoms with van der Waals surface area (Å²) in [5.41, 5.74) is 1.21. The number of H-pyrrole nitrogens is 1. The summed E-state index contributed by atoms with van der Waals surface area (Å²) in [6.45, 7) is 4.00. The van der Waals surface area contributed by atoms with Gasteiger partial charge in [-0.05, 0) is 30.5 Å². The fraction of sp³-hybridized carbons (Fsp3) is 0.273. The topological polar surface area (TPSA) is 15.8 Å². The molecule has 0 atom stereocenters. The van der Waals surface area contributed by atoms with Crippen LogP contribution >= 0.6 is 11.8 Å². The highest BCUT2D eigenvalue weighted by Crippen LogP contribution is 2.20. The van der Waals surface area contributed by atoms with Crippen LogP contribution in [0.15, 0.2) is 35.4 Å². The van der Waals surface area contributed by atoms with E-state index in [0.717, 1.165) is 0 Å². The van der Waals surface area contributed by atoms with Crippen LogP contribution in [0.2, 0.25) is 0 Å². The Kier molecular flexibility index (Phi) is 3.90. The van der Waals surface area contributed by atoms with Crippen LogP contribution in [0.4, 0.5) is 0 Å². The molecule has 0 saturated heterocycles. The standard InChI is InChI=1S/C9H9NS.C2H6/c1-11-8-2-3-9-7(6-8)4-5-10-9;1-2/h2-6,10H,1H3;1-2H3. The molecule has 1 heterocycles. The van der Waals surface area contributed by atoms with Gasteiger partial charge in [0.2, 0.25) is 0 Å². The number of hydrogen-bond acceptors (Lipinski definition) is 1. The van der Waals surface area contributed by atoms with E-state index < -0.39 is 0 Å². The summed E-state index contributed by atoms with van der Waals surface area (Å²) in [5, 5.41) is 1.29. The monoisotopic (exact) mass is 193 g/mol. The number of rotatable bonds is 1. The van der Waals surface area contributed by atoms with Gasteiger partial charge in [0, 0.05) is 22.0 Å². The Balaban J connectivity index is 0.000000396. The van der Waals surface area contributed by atoms with Gasteiger partial charge in [0.1, 0.15) is 0 Å². The van der Waals surface area contributed by atoms with Crippen molar-refractivity contribution in [3.05, 3.63) is 30.5 Å². The fourth-order valence-electron chi connectivity index (χ4n) is 1.16. The molecule has 0 saturated carbocycles. The molecule has 0 aliphatic heterocycles. The Bertz CT molecular complexity index is 365. The number of hydrogen-bond donors (Lipinski definition) is 1. The second-order valence-corrected chi connectivity index (χ2v) is 3.31. The molecule has 0 spiro atoms. The molecule has 0 fully saturated rings. The quantitative estimate of drug-likeness (QED) is 0.679. The van der Waals surface area contributed by atoms with Gasteiger partial charge in [-0.25, -0.2) is 0 Å². The third kappa shape index (κ3) is 2.28. The molecule has 0 bridgehead atoms. The molecule has 2 heteroatoms. The largest absolute Gasteiger partial charge is 0.361 e. The zero-order valence-electron chi connectivity index (χ0n) is 8.29. The first-order chi connectivity index (χ1) is 6.40. The first kappa shape index (κ1) is 10.2. The molecule has 2 aromatic rings. The average Bonchev–Trinajstić information content (AvgIpc) is 2.67. The van der Waals surface area contributed by atoms with Gasteiger partial charge >= 0.3 is 0 Å². The van der Waals surface area contributed by atoms with Crippen molar-refractivity contribution in [1.29, 1.82) is 0 Å². The third-order valence-corrected chi connectivity index (χ3v) is 2.49. The fourth-order valence-corrected chi connectivity index (χ4v) is 1.61. The Morgan fingerprint density at radius 2 is 1.92 bits per heavy atom. The van der Waals surface area contributed by atoms with Crippen LogP contribution in [0.1, 0.15) is 13.8 Å². The zero-order chi connectivity index (χ0) is 9.68. The van der Waals surface area contributed by atoms with Crippen molar-refractivity contribution in [2.45, 2.75) is 18.7 Å². The third-order valence-electron chi connectivity index (χ3n) is 1.76. The van der Waals surface area contributed by atoms with Gasteiger partial charge in [-0.2, -0.15) is 0 Å². The highest BCUT2D eigenvalue weighted by Gasteiger charge is 1.94. The Labute approximate surface area is 83.5 Å². The van der Waals surface area contributed by atoms with E-state index in [1.54, 1.807) is 11.8 Å². The molecule has 0 unspecified atom stereocenters. The maximum absolute atomic E-state index is 3.16. The highest BCUT2D eigenvalue weighted by atomic mass is 32.2. The molecule has 1 N–H and O–H groups in total. The molecular formula is C11H15NS. The van der Waals surface area contributed by atoms with Crippen molar-refractivity contribution in [2.24, 2.45) is 0 Å². The number of nitrogens with one attached hydrogen (secondary N) is 1. The van der Waals surface area contributed by atoms with Gasteiger partial charge in [-0.3, -0.25) is 0 Å². The van der Waals surface area contributed by atoms with E-state index in [1.165, 1.54) is 15.8 Å². The van der Waals surface area contributed by atoms with Crippen molar-refractivity contribution in [1.82, 2.24) is 4.98 Å². The summed E-state index contributed by atoms with van der Waals surface area (Å²) in [7, 11) is 0. The molecule has 0 aliphatic carbocycles. The lowest BCUT2D eigenvalue weighted by molar-refractivity contribution is 1.45. The molecule has 1 aromatic heterocycles. The summed E-state index contributed by atoms with van der Waals surface area (Å²) < 4.78 is 0. The van der Waals surface area contributed by atoms with Gasteiger partial charge in [-0.15, -0.1) is 11.8 Å². The van der Waals surface area contributed by atoms with Crippen molar-refractivity contribution < 1.29 is 0 Å². The maximum atomic E-state index is 3.16. The number of aromatic nitrogens is 1. The summed E-state index contributed by atoms with van der Waals surface area (Å²) in [5.74, 6) is 0. The summed E-state index contributed by atoms with van der Waals surface area (Å²) in [6.07, 6.45) is 4.06. The van der Waals surface area contributed by atoms with Gasteiger partial charge < -0.3 is 4.98 Å². The second kappa shape index (κ2) is 4.97. The highest BCUT2D eigenvalue weighted by molar-refractivity contribution is 7.98. The van der Waals surface area contributed by atoms with E-state index in [0.29, 0.717) is 0 Å². The second-order valence-electron chi connectivity index (χ2n) is 2.43. The molecule has 70 valence electrons. The predicted molar refractivity (Wildman–Crippen MR) is 61.4 cm³/mol. The van der Waals surface area contributed by atoms with E-state index in [1.807, 2.05) is 20.0 Å². The van der Waals surface area contributed by atoms with Gasteiger partial charge in [-0.1, -0.05) is 13.8 Å². The minimum Gasteiger partial charge on any atom is -0.361 e. The lowest BCUT2D eigenvalue weighted by Gasteiger charge is -1.94. The molecular weight excluding hydrogens is 178 g/mol. The average molecular weight is 193 g/mol. The van der Waals surface area contributed by atoms with Crippen LogP contribution in [0.3, 0.4) is 0 Å². The number of fused-ring (bicyclic) bond motifs is 1. The van der Waals surface area contributed by atoms with E-state index in [9.17, 15) is 0 Å². The minimum atomic E-state index is 1.21. The van der Waals surface area contributed by atoms with E-state index in [2.05, 4.69) is 35.5 Å². The maximum Gasteiger partial charge on any atom is 0.0454 e. The van der Waals surface area contributed by atoms with Crippen LogP contribution in [-0.2, 0) is 0 Å². The van der Waals surface area contributed by atoms with Crippen LogP contribution in [0, 0.1) is 0 Å². The van der Waals surface area contributed by atoms with E-state index in [-0.39, 0.29) is 0 Å². The first-order valence-corrected chi connectivity index (χ1v) is 5.74. The van der Waals surface area contributed by atoms with Gasteiger partial charge in [0.15, 0.2) is 0 Å². The summed E-state index contributed by atoms with van der Waals surface area (Å²) >= 11 is 1.77. The Hall–Kier alpha value is -0.890.